The minimum atomic E-state index is -3.50. The Labute approximate surface area is 138 Å². The van der Waals surface area contributed by atoms with E-state index in [2.05, 4.69) is 0 Å². The van der Waals surface area contributed by atoms with Gasteiger partial charge in [0.15, 0.2) is 0 Å². The second-order valence-electron chi connectivity index (χ2n) is 5.65. The molecule has 4 nitrogen and oxygen atoms in total. The maximum absolute atomic E-state index is 12.6. The number of rotatable bonds is 7. The first-order valence-corrected chi connectivity index (χ1v) is 8.97. The predicted molar refractivity (Wildman–Crippen MR) is 91.9 cm³/mol. The SMILES string of the molecule is CO[C@@H](Cc1ccccc1)CN(C)S(=O)(=O)c1ccc(C)cc1. The number of methoxy groups -OCH3 is 1. The molecule has 0 fully saturated rings. The average molecular weight is 333 g/mol. The largest absolute Gasteiger partial charge is 0.380 e. The third-order valence-corrected chi connectivity index (χ3v) is 5.67. The number of aryl methyl sites for hydroxylation is 1. The van der Waals surface area contributed by atoms with Crippen LogP contribution in [-0.2, 0) is 21.2 Å². The maximum atomic E-state index is 12.6. The van der Waals surface area contributed by atoms with Crippen LogP contribution >= 0.6 is 0 Å². The topological polar surface area (TPSA) is 46.6 Å². The zero-order valence-corrected chi connectivity index (χ0v) is 14.6. The van der Waals surface area contributed by atoms with Crippen LogP contribution in [0.5, 0.6) is 0 Å². The number of hydrogen-bond acceptors (Lipinski definition) is 3. The molecule has 2 aromatic carbocycles. The standard InChI is InChI=1S/C18H23NO3S/c1-15-9-11-18(12-10-15)23(20,21)19(2)14-17(22-3)13-16-7-5-4-6-8-16/h4-12,17H,13-14H2,1-3H3/t17-/m0/s1. The van der Waals surface area contributed by atoms with Crippen LogP contribution in [0.3, 0.4) is 0 Å². The lowest BCUT2D eigenvalue weighted by Crippen LogP contribution is -2.36. The summed E-state index contributed by atoms with van der Waals surface area (Å²) >= 11 is 0. The van der Waals surface area contributed by atoms with Crippen molar-refractivity contribution in [3.8, 4) is 0 Å². The Kier molecular flexibility index (Phi) is 5.93. The average Bonchev–Trinajstić information content (AvgIpc) is 2.55. The Morgan fingerprint density at radius 1 is 1.04 bits per heavy atom. The molecule has 2 aromatic rings. The van der Waals surface area contributed by atoms with E-state index in [1.807, 2.05) is 37.3 Å². The summed E-state index contributed by atoms with van der Waals surface area (Å²) in [5.41, 5.74) is 2.16. The van der Waals surface area contributed by atoms with Gasteiger partial charge in [0, 0.05) is 20.7 Å². The predicted octanol–water partition coefficient (Wildman–Crippen LogP) is 2.87. The Balaban J connectivity index is 2.09. The van der Waals surface area contributed by atoms with Crippen LogP contribution in [0.1, 0.15) is 11.1 Å². The smallest absolute Gasteiger partial charge is 0.242 e. The summed E-state index contributed by atoms with van der Waals surface area (Å²) in [6.45, 7) is 2.24. The van der Waals surface area contributed by atoms with Gasteiger partial charge < -0.3 is 4.74 Å². The molecule has 0 N–H and O–H groups in total. The van der Waals surface area contributed by atoms with Crippen LogP contribution in [0.15, 0.2) is 59.5 Å². The highest BCUT2D eigenvalue weighted by Crippen LogP contribution is 2.16. The molecule has 23 heavy (non-hydrogen) atoms. The van der Waals surface area contributed by atoms with E-state index in [9.17, 15) is 8.42 Å². The van der Waals surface area contributed by atoms with Crippen molar-refractivity contribution in [1.29, 1.82) is 0 Å². The van der Waals surface area contributed by atoms with Crippen LogP contribution in [-0.4, -0.2) is 39.5 Å². The molecule has 0 saturated heterocycles. The van der Waals surface area contributed by atoms with E-state index in [1.54, 1.807) is 38.4 Å². The van der Waals surface area contributed by atoms with Crippen molar-refractivity contribution >= 4 is 10.0 Å². The molecule has 0 aliphatic heterocycles. The van der Waals surface area contributed by atoms with Gasteiger partial charge in [0.05, 0.1) is 11.0 Å². The molecule has 5 heteroatoms. The summed E-state index contributed by atoms with van der Waals surface area (Å²) in [4.78, 5) is 0.306. The molecule has 0 radical (unpaired) electrons. The van der Waals surface area contributed by atoms with Gasteiger partial charge in [-0.3, -0.25) is 0 Å². The third-order valence-electron chi connectivity index (χ3n) is 3.83. The Morgan fingerprint density at radius 2 is 1.65 bits per heavy atom. The molecule has 0 heterocycles. The van der Waals surface area contributed by atoms with Crippen LogP contribution in [0.4, 0.5) is 0 Å². The summed E-state index contributed by atoms with van der Waals surface area (Å²) in [7, 11) is -0.299. The first-order valence-electron chi connectivity index (χ1n) is 7.53. The zero-order chi connectivity index (χ0) is 16.9. The maximum Gasteiger partial charge on any atom is 0.242 e. The molecular weight excluding hydrogens is 310 g/mol. The van der Waals surface area contributed by atoms with E-state index in [0.717, 1.165) is 11.1 Å². The van der Waals surface area contributed by atoms with E-state index < -0.39 is 10.0 Å². The number of benzene rings is 2. The van der Waals surface area contributed by atoms with E-state index in [-0.39, 0.29) is 6.10 Å². The van der Waals surface area contributed by atoms with E-state index >= 15 is 0 Å². The second kappa shape index (κ2) is 7.73. The minimum absolute atomic E-state index is 0.192. The Morgan fingerprint density at radius 3 is 2.22 bits per heavy atom. The summed E-state index contributed by atoms with van der Waals surface area (Å²) in [5.74, 6) is 0. The number of hydrogen-bond donors (Lipinski definition) is 0. The normalized spacial score (nSPS) is 13.2. The molecule has 0 aliphatic carbocycles. The number of likely N-dealkylation sites (N-methyl/N-ethyl adjacent to an activating group) is 1. The molecular formula is C18H23NO3S. The number of sulfonamides is 1. The first-order chi connectivity index (χ1) is 10.9. The van der Waals surface area contributed by atoms with Crippen LogP contribution in [0.25, 0.3) is 0 Å². The number of ether oxygens (including phenoxy) is 1. The van der Waals surface area contributed by atoms with Gasteiger partial charge >= 0.3 is 0 Å². The van der Waals surface area contributed by atoms with E-state index in [1.165, 1.54) is 4.31 Å². The highest BCUT2D eigenvalue weighted by atomic mass is 32.2. The molecule has 2 rings (SSSR count). The monoisotopic (exact) mass is 333 g/mol. The zero-order valence-electron chi connectivity index (χ0n) is 13.8. The van der Waals surface area contributed by atoms with Crippen molar-refractivity contribution < 1.29 is 13.2 Å². The van der Waals surface area contributed by atoms with Crippen molar-refractivity contribution in [2.24, 2.45) is 0 Å². The molecule has 0 spiro atoms. The van der Waals surface area contributed by atoms with E-state index in [0.29, 0.717) is 17.9 Å². The van der Waals surface area contributed by atoms with Crippen molar-refractivity contribution in [3.63, 3.8) is 0 Å². The molecule has 0 aromatic heterocycles. The Hall–Kier alpha value is -1.69. The highest BCUT2D eigenvalue weighted by molar-refractivity contribution is 7.89. The molecule has 0 amide bonds. The van der Waals surface area contributed by atoms with Gasteiger partial charge in [0.25, 0.3) is 0 Å². The van der Waals surface area contributed by atoms with Crippen LogP contribution < -0.4 is 0 Å². The van der Waals surface area contributed by atoms with Crippen molar-refractivity contribution in [3.05, 3.63) is 65.7 Å². The molecule has 1 atom stereocenters. The van der Waals surface area contributed by atoms with Gasteiger partial charge in [-0.25, -0.2) is 8.42 Å². The molecule has 0 saturated carbocycles. The molecule has 0 aliphatic rings. The van der Waals surface area contributed by atoms with Gasteiger partial charge in [-0.05, 0) is 31.0 Å². The lowest BCUT2D eigenvalue weighted by atomic mass is 10.1. The Bertz CT molecular complexity index is 712. The summed E-state index contributed by atoms with van der Waals surface area (Å²) in [6, 6.07) is 16.8. The number of nitrogens with zero attached hydrogens (tertiary/aromatic N) is 1. The second-order valence-corrected chi connectivity index (χ2v) is 7.69. The molecule has 124 valence electrons. The van der Waals surface area contributed by atoms with Crippen LogP contribution in [0.2, 0.25) is 0 Å². The van der Waals surface area contributed by atoms with Gasteiger partial charge in [0.1, 0.15) is 0 Å². The first kappa shape index (κ1) is 17.7. The quantitative estimate of drug-likeness (QED) is 0.783. The van der Waals surface area contributed by atoms with Gasteiger partial charge in [-0.15, -0.1) is 0 Å². The fourth-order valence-corrected chi connectivity index (χ4v) is 3.58. The third kappa shape index (κ3) is 4.64. The van der Waals surface area contributed by atoms with Crippen LogP contribution in [0, 0.1) is 6.92 Å². The minimum Gasteiger partial charge on any atom is -0.380 e. The summed E-state index contributed by atoms with van der Waals surface area (Å²) in [5, 5.41) is 0. The fourth-order valence-electron chi connectivity index (χ4n) is 2.37. The summed E-state index contributed by atoms with van der Waals surface area (Å²) < 4.78 is 32.1. The van der Waals surface area contributed by atoms with Crippen molar-refractivity contribution in [1.82, 2.24) is 4.31 Å². The van der Waals surface area contributed by atoms with Crippen molar-refractivity contribution in [2.45, 2.75) is 24.3 Å². The fraction of sp³-hybridized carbons (Fsp3) is 0.333. The molecule has 0 bridgehead atoms. The lowest BCUT2D eigenvalue weighted by Gasteiger charge is -2.23. The highest BCUT2D eigenvalue weighted by Gasteiger charge is 2.23. The molecule has 0 unspecified atom stereocenters. The van der Waals surface area contributed by atoms with Gasteiger partial charge in [-0.2, -0.15) is 4.31 Å². The van der Waals surface area contributed by atoms with Crippen molar-refractivity contribution in [2.75, 3.05) is 20.7 Å². The van der Waals surface area contributed by atoms with E-state index in [4.69, 9.17) is 4.74 Å². The van der Waals surface area contributed by atoms with Gasteiger partial charge in [0.2, 0.25) is 10.0 Å². The van der Waals surface area contributed by atoms with Gasteiger partial charge in [-0.1, -0.05) is 48.0 Å². The summed E-state index contributed by atoms with van der Waals surface area (Å²) in [6.07, 6.45) is 0.480. The lowest BCUT2D eigenvalue weighted by molar-refractivity contribution is 0.0892.